The second kappa shape index (κ2) is 9.09. The summed E-state index contributed by atoms with van der Waals surface area (Å²) in [6, 6.07) is 5.44. The van der Waals surface area contributed by atoms with Gasteiger partial charge in [0.15, 0.2) is 5.17 Å². The number of sulfonamides is 1. The normalized spacial score (nSPS) is 22.1. The summed E-state index contributed by atoms with van der Waals surface area (Å²) >= 11 is 1.41. The molecule has 0 saturated carbocycles. The smallest absolute Gasteiger partial charge is 0.276 e. The summed E-state index contributed by atoms with van der Waals surface area (Å²) < 4.78 is 52.2. The second-order valence-corrected chi connectivity index (χ2v) is 11.0. The van der Waals surface area contributed by atoms with Gasteiger partial charge in [0.05, 0.1) is 24.3 Å². The number of benzene rings is 1. The number of hydrogen-bond acceptors (Lipinski definition) is 8. The van der Waals surface area contributed by atoms with E-state index in [1.165, 1.54) is 47.3 Å². The lowest BCUT2D eigenvalue weighted by atomic mass is 9.89. The SMILES string of the molecule is Cc1oc(S(=O)(=O)N2CCOCC2)cc1C(=O)Nc1ccc(F)c(C2(C)CCSC(N)=N2)c1. The highest BCUT2D eigenvalue weighted by Gasteiger charge is 2.33. The van der Waals surface area contributed by atoms with Crippen molar-refractivity contribution in [3.05, 3.63) is 47.0 Å². The summed E-state index contributed by atoms with van der Waals surface area (Å²) in [5.41, 5.74) is 5.76. The van der Waals surface area contributed by atoms with Gasteiger partial charge in [0.25, 0.3) is 15.9 Å². The number of nitrogens with one attached hydrogen (secondary N) is 1. The third kappa shape index (κ3) is 4.79. The number of furan rings is 1. The summed E-state index contributed by atoms with van der Waals surface area (Å²) in [7, 11) is -3.88. The van der Waals surface area contributed by atoms with Crippen molar-refractivity contribution in [2.45, 2.75) is 30.9 Å². The van der Waals surface area contributed by atoms with Crippen LogP contribution in [0.5, 0.6) is 0 Å². The number of hydrogen-bond donors (Lipinski definition) is 2. The number of rotatable bonds is 5. The van der Waals surface area contributed by atoms with E-state index in [9.17, 15) is 17.6 Å². The third-order valence-corrected chi connectivity index (χ3v) is 8.25. The lowest BCUT2D eigenvalue weighted by molar-refractivity contribution is 0.0724. The monoisotopic (exact) mass is 496 g/mol. The van der Waals surface area contributed by atoms with E-state index in [4.69, 9.17) is 14.9 Å². The topological polar surface area (TPSA) is 127 Å². The predicted molar refractivity (Wildman–Crippen MR) is 123 cm³/mol. The van der Waals surface area contributed by atoms with Gasteiger partial charge in [0, 0.05) is 36.2 Å². The van der Waals surface area contributed by atoms with Gasteiger partial charge in [0.1, 0.15) is 11.6 Å². The number of nitrogens with zero attached hydrogens (tertiary/aromatic N) is 2. The van der Waals surface area contributed by atoms with Crippen LogP contribution in [0.15, 0.2) is 38.8 Å². The molecule has 9 nitrogen and oxygen atoms in total. The molecule has 1 fully saturated rings. The fourth-order valence-electron chi connectivity index (χ4n) is 3.82. The summed E-state index contributed by atoms with van der Waals surface area (Å²) in [6.45, 7) is 4.34. The molecule has 1 atom stereocenters. The molecule has 0 spiro atoms. The van der Waals surface area contributed by atoms with Crippen LogP contribution in [0.2, 0.25) is 0 Å². The molecule has 1 aromatic heterocycles. The van der Waals surface area contributed by atoms with E-state index < -0.39 is 27.3 Å². The Kier molecular flexibility index (Phi) is 6.54. The van der Waals surface area contributed by atoms with E-state index in [0.29, 0.717) is 41.8 Å². The van der Waals surface area contributed by atoms with Crippen molar-refractivity contribution in [3.8, 4) is 0 Å². The maximum absolute atomic E-state index is 14.6. The number of nitrogens with two attached hydrogens (primary N) is 1. The Morgan fingerprint density at radius 2 is 2.03 bits per heavy atom. The molecule has 1 aromatic carbocycles. The van der Waals surface area contributed by atoms with Gasteiger partial charge in [0.2, 0.25) is 5.09 Å². The summed E-state index contributed by atoms with van der Waals surface area (Å²) in [5, 5.41) is 2.79. The maximum Gasteiger partial charge on any atom is 0.276 e. The van der Waals surface area contributed by atoms with Crippen molar-refractivity contribution in [2.24, 2.45) is 10.7 Å². The van der Waals surface area contributed by atoms with Crippen LogP contribution in [0.25, 0.3) is 0 Å². The predicted octanol–water partition coefficient (Wildman–Crippen LogP) is 2.67. The summed E-state index contributed by atoms with van der Waals surface area (Å²) in [6.07, 6.45) is 0.594. The minimum Gasteiger partial charge on any atom is -0.448 e. The van der Waals surface area contributed by atoms with Gasteiger partial charge in [-0.1, -0.05) is 11.8 Å². The molecule has 1 unspecified atom stereocenters. The molecule has 1 amide bonds. The van der Waals surface area contributed by atoms with Gasteiger partial charge in [-0.25, -0.2) is 12.8 Å². The molecule has 0 radical (unpaired) electrons. The van der Waals surface area contributed by atoms with E-state index in [0.717, 1.165) is 0 Å². The number of morpholine rings is 1. The highest BCUT2D eigenvalue weighted by Crippen LogP contribution is 2.37. The van der Waals surface area contributed by atoms with Gasteiger partial charge in [-0.3, -0.25) is 9.79 Å². The number of amidine groups is 1. The fourth-order valence-corrected chi connectivity index (χ4v) is 6.17. The number of aliphatic imine (C=N–C) groups is 1. The Balaban J connectivity index is 1.58. The number of thioether (sulfide) groups is 1. The lowest BCUT2D eigenvalue weighted by Crippen LogP contribution is -2.40. The molecule has 2 aromatic rings. The van der Waals surface area contributed by atoms with Crippen molar-refractivity contribution < 1.29 is 26.8 Å². The first-order valence-corrected chi connectivity index (χ1v) is 12.8. The first-order chi connectivity index (χ1) is 15.6. The van der Waals surface area contributed by atoms with E-state index in [1.54, 1.807) is 6.92 Å². The van der Waals surface area contributed by atoms with Crippen molar-refractivity contribution in [2.75, 3.05) is 37.4 Å². The first-order valence-electron chi connectivity index (χ1n) is 10.4. The van der Waals surface area contributed by atoms with Crippen LogP contribution in [0.1, 0.15) is 35.0 Å². The molecule has 3 N–H and O–H groups in total. The molecule has 0 aliphatic carbocycles. The third-order valence-electron chi connectivity index (χ3n) is 5.70. The second-order valence-electron chi connectivity index (χ2n) is 8.02. The van der Waals surface area contributed by atoms with E-state index in [2.05, 4.69) is 10.3 Å². The molecular formula is C21H25FN4O5S2. The highest BCUT2D eigenvalue weighted by molar-refractivity contribution is 8.13. The molecule has 178 valence electrons. The molecule has 3 heterocycles. The van der Waals surface area contributed by atoms with Crippen molar-refractivity contribution in [1.29, 1.82) is 0 Å². The van der Waals surface area contributed by atoms with Gasteiger partial charge in [-0.2, -0.15) is 4.31 Å². The Labute approximate surface area is 195 Å². The van der Waals surface area contributed by atoms with Crippen LogP contribution in [-0.4, -0.2) is 55.9 Å². The average molecular weight is 497 g/mol. The minimum absolute atomic E-state index is 0.0789. The van der Waals surface area contributed by atoms with E-state index in [-0.39, 0.29) is 29.5 Å². The number of aryl methyl sites for hydroxylation is 1. The zero-order valence-electron chi connectivity index (χ0n) is 18.3. The van der Waals surface area contributed by atoms with Crippen LogP contribution >= 0.6 is 11.8 Å². The number of anilines is 1. The van der Waals surface area contributed by atoms with Gasteiger partial charge in [-0.05, 0) is 38.5 Å². The van der Waals surface area contributed by atoms with Crippen molar-refractivity contribution >= 4 is 38.5 Å². The van der Waals surface area contributed by atoms with Crippen molar-refractivity contribution in [3.63, 3.8) is 0 Å². The Hall–Kier alpha value is -2.41. The number of amides is 1. The van der Waals surface area contributed by atoms with Gasteiger partial charge in [-0.15, -0.1) is 0 Å². The quantitative estimate of drug-likeness (QED) is 0.651. The lowest BCUT2D eigenvalue weighted by Gasteiger charge is -2.30. The zero-order valence-corrected chi connectivity index (χ0v) is 19.9. The molecule has 2 aliphatic rings. The maximum atomic E-state index is 14.6. The van der Waals surface area contributed by atoms with Crippen LogP contribution in [0.4, 0.5) is 10.1 Å². The van der Waals surface area contributed by atoms with Gasteiger partial charge < -0.3 is 20.2 Å². The number of ether oxygens (including phenoxy) is 1. The summed E-state index contributed by atoms with van der Waals surface area (Å²) in [4.78, 5) is 17.3. The zero-order chi connectivity index (χ0) is 23.8. The molecular weight excluding hydrogens is 471 g/mol. The number of halogens is 1. The molecule has 2 aliphatic heterocycles. The summed E-state index contributed by atoms with van der Waals surface area (Å²) in [5.74, 6) is -0.145. The van der Waals surface area contributed by atoms with E-state index in [1.807, 2.05) is 0 Å². The van der Waals surface area contributed by atoms with Crippen LogP contribution in [0.3, 0.4) is 0 Å². The van der Waals surface area contributed by atoms with Crippen LogP contribution in [-0.2, 0) is 20.3 Å². The fraction of sp³-hybridized carbons (Fsp3) is 0.429. The Bertz CT molecular complexity index is 1210. The van der Waals surface area contributed by atoms with Crippen LogP contribution < -0.4 is 11.1 Å². The number of carbonyl (C=O) groups is 1. The van der Waals surface area contributed by atoms with Gasteiger partial charge >= 0.3 is 0 Å². The standard InChI is InChI=1S/C21H25FN4O5S2/c1-13-15(12-18(31-13)33(28,29)26-6-8-30-9-7-26)19(27)24-14-3-4-17(22)16(11-14)21(2)5-10-32-20(23)25-21/h3-4,11-12H,5-10H2,1-2H3,(H2,23,25)(H,24,27). The van der Waals surface area contributed by atoms with Crippen LogP contribution in [0, 0.1) is 12.7 Å². The molecule has 0 bridgehead atoms. The minimum atomic E-state index is -3.88. The molecule has 33 heavy (non-hydrogen) atoms. The molecule has 12 heteroatoms. The largest absolute Gasteiger partial charge is 0.448 e. The Morgan fingerprint density at radius 3 is 2.73 bits per heavy atom. The number of carbonyl (C=O) groups excluding carboxylic acids is 1. The highest BCUT2D eigenvalue weighted by atomic mass is 32.2. The first kappa shape index (κ1) is 23.7. The van der Waals surface area contributed by atoms with Crippen molar-refractivity contribution in [1.82, 2.24) is 4.31 Å². The van der Waals surface area contributed by atoms with E-state index >= 15 is 0 Å². The molecule has 1 saturated heterocycles. The molecule has 4 rings (SSSR count). The average Bonchev–Trinajstić information content (AvgIpc) is 3.18. The Morgan fingerprint density at radius 1 is 1.30 bits per heavy atom.